The SMILES string of the molecule is [2H]c1c([2H])c([2H])c(-c2nc(-c3ccc(-n4c5ccccc5c5cc6c7ccccc7n(-c7ccc8sc9ccccc9c8c7)c6cc54)c(C#N)c3)nc(-c3c([2H])c([2H])c([2H])c([2H])c3[2H])n2)c([2H])c1[2H]. The molecule has 4 aromatic heterocycles. The minimum atomic E-state index is -0.644. The van der Waals surface area contributed by atoms with Crippen molar-refractivity contribution < 1.29 is 13.7 Å². The van der Waals surface area contributed by atoms with Crippen LogP contribution in [0.25, 0.3) is 109 Å². The van der Waals surface area contributed by atoms with E-state index in [-0.39, 0.29) is 28.1 Å². The van der Waals surface area contributed by atoms with Crippen molar-refractivity contribution in [3.05, 3.63) is 187 Å². The quantitative estimate of drug-likeness (QED) is 0.174. The fraction of sp³-hybridized carbons (Fsp3) is 0. The highest BCUT2D eigenvalue weighted by Crippen LogP contribution is 2.42. The first kappa shape index (κ1) is 24.7. The highest BCUT2D eigenvalue weighted by atomic mass is 32.1. The molecular weight excluding hydrogens is 741 g/mol. The van der Waals surface area contributed by atoms with Gasteiger partial charge in [0.15, 0.2) is 17.5 Å². The third-order valence-corrected chi connectivity index (χ3v) is 11.9. The Morgan fingerprint density at radius 1 is 0.458 bits per heavy atom. The van der Waals surface area contributed by atoms with Gasteiger partial charge < -0.3 is 9.13 Å². The highest BCUT2D eigenvalue weighted by molar-refractivity contribution is 7.25. The van der Waals surface area contributed by atoms with Crippen molar-refractivity contribution in [1.82, 2.24) is 24.1 Å². The average molecular weight is 781 g/mol. The molecule has 7 heteroatoms. The van der Waals surface area contributed by atoms with Crippen molar-refractivity contribution in [2.75, 3.05) is 0 Å². The number of hydrogen-bond acceptors (Lipinski definition) is 5. The van der Waals surface area contributed by atoms with Gasteiger partial charge in [0, 0.05) is 64.1 Å². The van der Waals surface area contributed by atoms with Gasteiger partial charge in [-0.15, -0.1) is 11.3 Å². The van der Waals surface area contributed by atoms with Gasteiger partial charge in [0.05, 0.1) is 47.0 Å². The molecule has 4 heterocycles. The lowest BCUT2D eigenvalue weighted by atomic mass is 10.1. The summed E-state index contributed by atoms with van der Waals surface area (Å²) in [6.07, 6.45) is 0. The van der Waals surface area contributed by atoms with Gasteiger partial charge in [0.2, 0.25) is 0 Å². The predicted molar refractivity (Wildman–Crippen MR) is 242 cm³/mol. The smallest absolute Gasteiger partial charge is 0.164 e. The number of thiophene rings is 1. The summed E-state index contributed by atoms with van der Waals surface area (Å²) in [5.41, 5.74) is 4.92. The van der Waals surface area contributed by atoms with E-state index < -0.39 is 72.1 Å². The van der Waals surface area contributed by atoms with Crippen LogP contribution in [-0.4, -0.2) is 24.1 Å². The third kappa shape index (κ3) is 5.21. The lowest BCUT2D eigenvalue weighted by Gasteiger charge is -2.13. The Morgan fingerprint density at radius 2 is 1.02 bits per heavy atom. The number of benzene rings is 8. The van der Waals surface area contributed by atoms with Crippen LogP contribution in [0.5, 0.6) is 0 Å². The standard InChI is InChI=1S/C52H30N6S/c53-31-35-27-34(52-55-50(32-13-3-1-4-14-32)54-51(56-52)33-15-5-2-6-16-33)23-25-43(35)58-45-21-11-8-18-38(45)41-29-40-37-17-7-10-20-44(37)57(46(40)30-47(41)58)36-24-26-49-42(28-36)39-19-9-12-22-48(39)59-49/h1-30H/i1D,2D,3D,4D,5D,6D,13D,14D,15D,16D. The molecule has 0 fully saturated rings. The number of nitriles is 1. The molecule has 274 valence electrons. The van der Waals surface area contributed by atoms with Gasteiger partial charge in [-0.1, -0.05) is 115 Å². The molecule has 0 radical (unpaired) electrons. The molecule has 6 nitrogen and oxygen atoms in total. The van der Waals surface area contributed by atoms with Crippen molar-refractivity contribution >= 4 is 75.1 Å². The fourth-order valence-corrected chi connectivity index (χ4v) is 9.32. The summed E-state index contributed by atoms with van der Waals surface area (Å²) in [6, 6.07) is 36.8. The molecule has 8 aromatic carbocycles. The van der Waals surface area contributed by atoms with Gasteiger partial charge >= 0.3 is 0 Å². The lowest BCUT2D eigenvalue weighted by Crippen LogP contribution is -2.02. The maximum absolute atomic E-state index is 11.0. The van der Waals surface area contributed by atoms with Crippen molar-refractivity contribution in [3.8, 4) is 51.6 Å². The summed E-state index contributed by atoms with van der Waals surface area (Å²) in [7, 11) is 0. The van der Waals surface area contributed by atoms with Crippen LogP contribution in [-0.2, 0) is 0 Å². The Balaban J connectivity index is 1.09. The first-order chi connectivity index (χ1) is 33.3. The van der Waals surface area contributed by atoms with E-state index in [0.29, 0.717) is 5.69 Å². The molecule has 12 aromatic rings. The molecule has 0 amide bonds. The first-order valence-corrected chi connectivity index (χ1v) is 19.5. The van der Waals surface area contributed by atoms with Crippen molar-refractivity contribution in [2.24, 2.45) is 0 Å². The zero-order valence-electron chi connectivity index (χ0n) is 40.6. The molecule has 0 atom stereocenters. The van der Waals surface area contributed by atoms with E-state index in [9.17, 15) is 5.26 Å². The summed E-state index contributed by atoms with van der Waals surface area (Å²) in [5, 5.41) is 17.4. The van der Waals surface area contributed by atoms with E-state index in [4.69, 9.17) is 13.7 Å². The Kier molecular flexibility index (Phi) is 5.46. The Morgan fingerprint density at radius 3 is 1.68 bits per heavy atom. The van der Waals surface area contributed by atoms with Gasteiger partial charge in [-0.05, 0) is 66.7 Å². The summed E-state index contributed by atoms with van der Waals surface area (Å²) in [6.45, 7) is 0. The Labute approximate surface area is 356 Å². The zero-order chi connectivity index (χ0) is 47.7. The summed E-state index contributed by atoms with van der Waals surface area (Å²) < 4.78 is 91.4. The highest BCUT2D eigenvalue weighted by Gasteiger charge is 2.21. The van der Waals surface area contributed by atoms with Gasteiger partial charge in [-0.2, -0.15) is 5.26 Å². The van der Waals surface area contributed by atoms with Crippen LogP contribution in [0.3, 0.4) is 0 Å². The van der Waals surface area contributed by atoms with E-state index in [0.717, 1.165) is 49.3 Å². The maximum atomic E-state index is 11.0. The summed E-state index contributed by atoms with van der Waals surface area (Å²) in [5.74, 6) is -0.926. The molecule has 0 unspecified atom stereocenters. The molecule has 12 rings (SSSR count). The largest absolute Gasteiger partial charge is 0.309 e. The topological polar surface area (TPSA) is 72.3 Å². The normalized spacial score (nSPS) is 14.1. The molecule has 0 aliphatic rings. The second-order valence-corrected chi connectivity index (χ2v) is 15.1. The van der Waals surface area contributed by atoms with Gasteiger partial charge in [0.25, 0.3) is 0 Å². The number of rotatable bonds is 5. The van der Waals surface area contributed by atoms with Crippen LogP contribution in [0.1, 0.15) is 19.3 Å². The monoisotopic (exact) mass is 780 g/mol. The predicted octanol–water partition coefficient (Wildman–Crippen LogP) is 13.3. The average Bonchev–Trinajstić information content (AvgIpc) is 4.02. The lowest BCUT2D eigenvalue weighted by molar-refractivity contribution is 1.07. The molecule has 0 saturated heterocycles. The van der Waals surface area contributed by atoms with Crippen LogP contribution >= 0.6 is 11.3 Å². The molecule has 0 bridgehead atoms. The second kappa shape index (κ2) is 13.1. The Hall–Kier alpha value is -7.92. The van der Waals surface area contributed by atoms with Crippen molar-refractivity contribution in [1.29, 1.82) is 5.26 Å². The van der Waals surface area contributed by atoms with Gasteiger partial charge in [-0.3, -0.25) is 0 Å². The number of hydrogen-bond donors (Lipinski definition) is 0. The van der Waals surface area contributed by atoms with E-state index in [2.05, 4.69) is 98.4 Å². The van der Waals surface area contributed by atoms with Crippen LogP contribution in [0, 0.1) is 11.3 Å². The molecule has 0 saturated carbocycles. The van der Waals surface area contributed by atoms with Gasteiger partial charge in [0.1, 0.15) is 6.07 Å². The maximum Gasteiger partial charge on any atom is 0.164 e. The van der Waals surface area contributed by atoms with Crippen LogP contribution < -0.4 is 0 Å². The number of nitrogens with zero attached hydrogens (tertiary/aromatic N) is 6. The van der Waals surface area contributed by atoms with E-state index in [1.807, 2.05) is 34.9 Å². The van der Waals surface area contributed by atoms with Crippen molar-refractivity contribution in [3.63, 3.8) is 0 Å². The minimum absolute atomic E-state index is 0.138. The number of aromatic nitrogens is 5. The first-order valence-electron chi connectivity index (χ1n) is 23.7. The molecule has 0 aliphatic carbocycles. The fourth-order valence-electron chi connectivity index (χ4n) is 8.23. The van der Waals surface area contributed by atoms with Crippen LogP contribution in [0.4, 0.5) is 0 Å². The summed E-state index contributed by atoms with van der Waals surface area (Å²) in [4.78, 5) is 13.6. The zero-order valence-corrected chi connectivity index (χ0v) is 31.5. The Bertz CT molecular complexity index is 4160. The third-order valence-electron chi connectivity index (χ3n) is 10.8. The van der Waals surface area contributed by atoms with Gasteiger partial charge in [-0.25, -0.2) is 15.0 Å². The molecule has 0 spiro atoms. The minimum Gasteiger partial charge on any atom is -0.309 e. The van der Waals surface area contributed by atoms with Crippen LogP contribution in [0.15, 0.2) is 182 Å². The van der Waals surface area contributed by atoms with E-state index in [1.54, 1.807) is 29.5 Å². The van der Waals surface area contributed by atoms with Crippen LogP contribution in [0.2, 0.25) is 0 Å². The molecular formula is C52H30N6S. The molecule has 0 N–H and O–H groups in total. The number of fused-ring (bicyclic) bond motifs is 9. The second-order valence-electron chi connectivity index (χ2n) is 14.0. The van der Waals surface area contributed by atoms with E-state index in [1.165, 1.54) is 20.2 Å². The summed E-state index contributed by atoms with van der Waals surface area (Å²) >= 11 is 1.77. The van der Waals surface area contributed by atoms with Crippen molar-refractivity contribution in [2.45, 2.75) is 0 Å². The van der Waals surface area contributed by atoms with E-state index >= 15 is 0 Å². The number of para-hydroxylation sites is 2. The molecule has 59 heavy (non-hydrogen) atoms. The molecule has 0 aliphatic heterocycles.